The summed E-state index contributed by atoms with van der Waals surface area (Å²) in [5, 5.41) is 0. The van der Waals surface area contributed by atoms with Gasteiger partial charge in [-0.3, -0.25) is 4.79 Å². The van der Waals surface area contributed by atoms with E-state index in [2.05, 4.69) is 60.0 Å². The summed E-state index contributed by atoms with van der Waals surface area (Å²) in [5.41, 5.74) is 2.98. The standard InChI is InChI=1S/C22H22Br2N2O/c23-18-12-16(13-19(24)14-18)8-4-1-2-7-11-21-25-20(15-22(27)26-21)17-9-5-3-6-10-17/h3,5-6,9-10,12-15H,1-2,4,7-8,11H2,(H,25,26,27). The Labute approximate surface area is 176 Å². The van der Waals surface area contributed by atoms with Crippen molar-refractivity contribution in [1.29, 1.82) is 0 Å². The van der Waals surface area contributed by atoms with Crippen LogP contribution in [0.25, 0.3) is 11.3 Å². The Bertz CT molecular complexity index is 918. The summed E-state index contributed by atoms with van der Waals surface area (Å²) in [6, 6.07) is 17.8. The van der Waals surface area contributed by atoms with Crippen LogP contribution in [0.1, 0.15) is 37.1 Å². The molecule has 0 bridgehead atoms. The molecule has 0 radical (unpaired) electrons. The molecule has 0 spiro atoms. The Morgan fingerprint density at radius 1 is 0.815 bits per heavy atom. The molecule has 3 nitrogen and oxygen atoms in total. The fraction of sp³-hybridized carbons (Fsp3) is 0.273. The Balaban J connectivity index is 1.46. The lowest BCUT2D eigenvalue weighted by atomic mass is 10.1. The average molecular weight is 490 g/mol. The maximum absolute atomic E-state index is 11.9. The minimum absolute atomic E-state index is 0.0842. The average Bonchev–Trinajstić information content (AvgIpc) is 2.64. The number of benzene rings is 2. The summed E-state index contributed by atoms with van der Waals surface area (Å²) >= 11 is 7.07. The lowest BCUT2D eigenvalue weighted by Crippen LogP contribution is -2.11. The van der Waals surface area contributed by atoms with Crippen LogP contribution < -0.4 is 5.56 Å². The first-order valence-electron chi connectivity index (χ1n) is 9.21. The van der Waals surface area contributed by atoms with Crippen LogP contribution in [0.3, 0.4) is 0 Å². The van der Waals surface area contributed by atoms with Gasteiger partial charge in [0.05, 0.1) is 5.69 Å². The van der Waals surface area contributed by atoms with E-state index in [0.29, 0.717) is 0 Å². The first-order chi connectivity index (χ1) is 13.1. The molecule has 0 aliphatic heterocycles. The fourth-order valence-electron chi connectivity index (χ4n) is 3.11. The molecule has 0 aliphatic rings. The molecular formula is C22H22Br2N2O. The maximum Gasteiger partial charge on any atom is 0.251 e. The lowest BCUT2D eigenvalue weighted by molar-refractivity contribution is 0.629. The van der Waals surface area contributed by atoms with Crippen LogP contribution >= 0.6 is 31.9 Å². The molecule has 1 heterocycles. The Morgan fingerprint density at radius 3 is 2.19 bits per heavy atom. The van der Waals surface area contributed by atoms with Gasteiger partial charge in [-0.15, -0.1) is 0 Å². The van der Waals surface area contributed by atoms with Crippen LogP contribution in [0.5, 0.6) is 0 Å². The van der Waals surface area contributed by atoms with Crippen molar-refractivity contribution in [1.82, 2.24) is 9.97 Å². The van der Waals surface area contributed by atoms with E-state index in [-0.39, 0.29) is 5.56 Å². The molecule has 3 rings (SSSR count). The molecule has 2 aromatic carbocycles. The van der Waals surface area contributed by atoms with Gasteiger partial charge in [-0.2, -0.15) is 0 Å². The van der Waals surface area contributed by atoms with E-state index in [9.17, 15) is 4.79 Å². The molecule has 27 heavy (non-hydrogen) atoms. The molecule has 0 amide bonds. The molecule has 3 aromatic rings. The van der Waals surface area contributed by atoms with Gasteiger partial charge in [0.25, 0.3) is 5.56 Å². The molecule has 0 aliphatic carbocycles. The third-order valence-electron chi connectivity index (χ3n) is 4.41. The van der Waals surface area contributed by atoms with Crippen molar-refractivity contribution in [3.05, 3.63) is 85.3 Å². The Morgan fingerprint density at radius 2 is 1.48 bits per heavy atom. The smallest absolute Gasteiger partial charge is 0.251 e. The first-order valence-corrected chi connectivity index (χ1v) is 10.8. The number of rotatable bonds is 8. The highest BCUT2D eigenvalue weighted by atomic mass is 79.9. The topological polar surface area (TPSA) is 45.8 Å². The van der Waals surface area contributed by atoms with Gasteiger partial charge in [-0.1, -0.05) is 75.0 Å². The maximum atomic E-state index is 11.9. The van der Waals surface area contributed by atoms with Crippen molar-refractivity contribution in [2.45, 2.75) is 38.5 Å². The van der Waals surface area contributed by atoms with Crippen LogP contribution in [0.4, 0.5) is 0 Å². The van der Waals surface area contributed by atoms with E-state index in [1.807, 2.05) is 30.3 Å². The van der Waals surface area contributed by atoms with Gasteiger partial charge in [0.15, 0.2) is 0 Å². The van der Waals surface area contributed by atoms with Gasteiger partial charge in [0.1, 0.15) is 5.82 Å². The number of aromatic nitrogens is 2. The Hall–Kier alpha value is -1.72. The number of unbranched alkanes of at least 4 members (excludes halogenated alkanes) is 3. The van der Waals surface area contributed by atoms with Gasteiger partial charge in [0.2, 0.25) is 0 Å². The molecule has 0 fully saturated rings. The summed E-state index contributed by atoms with van der Waals surface area (Å²) in [6.07, 6.45) is 6.39. The fourth-order valence-corrected chi connectivity index (χ4v) is 4.50. The first kappa shape index (κ1) is 20.0. The van der Waals surface area contributed by atoms with E-state index in [1.54, 1.807) is 6.07 Å². The third kappa shape index (κ3) is 6.43. The molecule has 140 valence electrons. The van der Waals surface area contributed by atoms with Crippen molar-refractivity contribution >= 4 is 31.9 Å². The highest BCUT2D eigenvalue weighted by Gasteiger charge is 2.04. The van der Waals surface area contributed by atoms with Crippen LogP contribution in [0, 0.1) is 0 Å². The summed E-state index contributed by atoms with van der Waals surface area (Å²) in [6.45, 7) is 0. The summed E-state index contributed by atoms with van der Waals surface area (Å²) in [5.74, 6) is 0.775. The van der Waals surface area contributed by atoms with Crippen LogP contribution in [-0.2, 0) is 12.8 Å². The van der Waals surface area contributed by atoms with Crippen LogP contribution in [0.2, 0.25) is 0 Å². The molecule has 0 saturated heterocycles. The normalized spacial score (nSPS) is 10.9. The monoisotopic (exact) mass is 488 g/mol. The number of aryl methyl sites for hydroxylation is 2. The van der Waals surface area contributed by atoms with Crippen molar-refractivity contribution in [2.24, 2.45) is 0 Å². The van der Waals surface area contributed by atoms with E-state index >= 15 is 0 Å². The number of halogens is 2. The predicted octanol–water partition coefficient (Wildman–Crippen LogP) is 6.31. The molecule has 0 atom stereocenters. The van der Waals surface area contributed by atoms with Gasteiger partial charge in [-0.25, -0.2) is 4.98 Å². The highest BCUT2D eigenvalue weighted by Crippen LogP contribution is 2.21. The number of H-pyrrole nitrogens is 1. The van der Waals surface area contributed by atoms with Crippen molar-refractivity contribution < 1.29 is 0 Å². The van der Waals surface area contributed by atoms with Gasteiger partial charge in [0, 0.05) is 27.0 Å². The SMILES string of the molecule is O=c1cc(-c2ccccc2)nc(CCCCCCc2cc(Br)cc(Br)c2)[nH]1. The largest absolute Gasteiger partial charge is 0.311 e. The number of hydrogen-bond acceptors (Lipinski definition) is 2. The number of aromatic amines is 1. The van der Waals surface area contributed by atoms with Gasteiger partial charge in [-0.05, 0) is 43.0 Å². The minimum atomic E-state index is -0.0842. The van der Waals surface area contributed by atoms with E-state index in [1.165, 1.54) is 12.0 Å². The summed E-state index contributed by atoms with van der Waals surface area (Å²) < 4.78 is 2.22. The minimum Gasteiger partial charge on any atom is -0.311 e. The third-order valence-corrected chi connectivity index (χ3v) is 5.33. The quantitative estimate of drug-likeness (QED) is 0.377. The second kappa shape index (κ2) is 10.00. The zero-order valence-electron chi connectivity index (χ0n) is 15.1. The summed E-state index contributed by atoms with van der Waals surface area (Å²) in [7, 11) is 0. The van der Waals surface area contributed by atoms with Crippen molar-refractivity contribution in [3.8, 4) is 11.3 Å². The molecule has 5 heteroatoms. The van der Waals surface area contributed by atoms with Crippen molar-refractivity contribution in [3.63, 3.8) is 0 Å². The molecular weight excluding hydrogens is 468 g/mol. The van der Waals surface area contributed by atoms with E-state index in [0.717, 1.165) is 58.1 Å². The van der Waals surface area contributed by atoms with Crippen molar-refractivity contribution in [2.75, 3.05) is 0 Å². The Kier molecular flexibility index (Phi) is 7.41. The zero-order chi connectivity index (χ0) is 19.1. The van der Waals surface area contributed by atoms with Gasteiger partial charge >= 0.3 is 0 Å². The van der Waals surface area contributed by atoms with E-state index < -0.39 is 0 Å². The second-order valence-electron chi connectivity index (χ2n) is 6.64. The highest BCUT2D eigenvalue weighted by molar-refractivity contribution is 9.11. The van der Waals surface area contributed by atoms with Gasteiger partial charge < -0.3 is 4.98 Å². The number of hydrogen-bond donors (Lipinski definition) is 1. The summed E-state index contributed by atoms with van der Waals surface area (Å²) in [4.78, 5) is 19.4. The van der Waals surface area contributed by atoms with E-state index in [4.69, 9.17) is 0 Å². The number of nitrogens with zero attached hydrogens (tertiary/aromatic N) is 1. The second-order valence-corrected chi connectivity index (χ2v) is 8.47. The zero-order valence-corrected chi connectivity index (χ0v) is 18.2. The number of nitrogens with one attached hydrogen (secondary N) is 1. The van der Waals surface area contributed by atoms with Crippen LogP contribution in [-0.4, -0.2) is 9.97 Å². The molecule has 0 unspecified atom stereocenters. The molecule has 1 aromatic heterocycles. The molecule has 0 saturated carbocycles. The predicted molar refractivity (Wildman–Crippen MR) is 118 cm³/mol. The molecule has 1 N–H and O–H groups in total. The lowest BCUT2D eigenvalue weighted by Gasteiger charge is -2.06. The van der Waals surface area contributed by atoms with Crippen LogP contribution in [0.15, 0.2) is 68.3 Å².